The molecule has 0 aliphatic carbocycles. The molecule has 1 fully saturated rings. The molecule has 7 nitrogen and oxygen atoms in total. The molecular weight excluding hydrogens is 424 g/mol. The number of carbonyl (C=O) groups is 1. The van der Waals surface area contributed by atoms with E-state index in [9.17, 15) is 13.2 Å². The number of sulfonamides is 1. The first-order chi connectivity index (χ1) is 15.3. The van der Waals surface area contributed by atoms with Gasteiger partial charge in [0.25, 0.3) is 5.91 Å². The van der Waals surface area contributed by atoms with Crippen molar-refractivity contribution in [1.29, 1.82) is 0 Å². The number of aromatic nitrogens is 2. The van der Waals surface area contributed by atoms with Gasteiger partial charge in [-0.3, -0.25) is 4.79 Å². The molecule has 1 amide bonds. The number of hydrogen-bond donors (Lipinski definition) is 0. The predicted octanol–water partition coefficient (Wildman–Crippen LogP) is 3.25. The number of carbonyl (C=O) groups excluding carboxylic acids is 1. The molecule has 4 rings (SSSR count). The zero-order valence-corrected chi connectivity index (χ0v) is 19.0. The minimum absolute atomic E-state index is 0.127. The Morgan fingerprint density at radius 1 is 0.969 bits per heavy atom. The van der Waals surface area contributed by atoms with Crippen LogP contribution >= 0.6 is 0 Å². The van der Waals surface area contributed by atoms with E-state index in [0.717, 1.165) is 22.5 Å². The Morgan fingerprint density at radius 2 is 1.69 bits per heavy atom. The second kappa shape index (κ2) is 9.10. The lowest BCUT2D eigenvalue weighted by molar-refractivity contribution is 0.0698. The van der Waals surface area contributed by atoms with E-state index in [1.165, 1.54) is 9.71 Å². The van der Waals surface area contributed by atoms with Crippen LogP contribution in [0.3, 0.4) is 0 Å². The van der Waals surface area contributed by atoms with Crippen molar-refractivity contribution < 1.29 is 13.2 Å². The molecule has 2 aromatic carbocycles. The highest BCUT2D eigenvalue weighted by Gasteiger charge is 2.29. The van der Waals surface area contributed by atoms with Crippen LogP contribution in [0.25, 0.3) is 11.8 Å². The number of nitrogens with zero attached hydrogens (tertiary/aromatic N) is 4. The van der Waals surface area contributed by atoms with Crippen molar-refractivity contribution in [3.05, 3.63) is 88.6 Å². The first-order valence-corrected chi connectivity index (χ1v) is 12.0. The monoisotopic (exact) mass is 450 g/mol. The molecule has 0 spiro atoms. The van der Waals surface area contributed by atoms with Gasteiger partial charge in [0.15, 0.2) is 0 Å². The Kier molecular flexibility index (Phi) is 6.25. The first-order valence-electron chi connectivity index (χ1n) is 10.5. The number of benzene rings is 2. The number of aryl methyl sites for hydroxylation is 1. The zero-order valence-electron chi connectivity index (χ0n) is 18.2. The molecule has 0 radical (unpaired) electrons. The average Bonchev–Trinajstić information content (AvgIpc) is 3.19. The van der Waals surface area contributed by atoms with Gasteiger partial charge in [0.05, 0.1) is 23.1 Å². The smallest absolute Gasteiger partial charge is 0.257 e. The molecule has 1 saturated heterocycles. The van der Waals surface area contributed by atoms with Gasteiger partial charge in [-0.05, 0) is 43.2 Å². The third-order valence-electron chi connectivity index (χ3n) is 5.60. The first kappa shape index (κ1) is 22.0. The molecule has 8 heteroatoms. The van der Waals surface area contributed by atoms with Gasteiger partial charge in [-0.2, -0.15) is 9.40 Å². The van der Waals surface area contributed by atoms with E-state index >= 15 is 0 Å². The highest BCUT2D eigenvalue weighted by Crippen LogP contribution is 2.19. The van der Waals surface area contributed by atoms with Crippen LogP contribution in [0.5, 0.6) is 0 Å². The standard InChI is InChI=1S/C24H26N4O3S/c1-19-7-6-10-22(17-19)28-20(2)23(18-25-28)24(29)26-12-14-27(15-13-26)32(30,31)16-11-21-8-4-3-5-9-21/h3-11,16-18H,12-15H2,1-2H3/b16-11+. The minimum atomic E-state index is -3.54. The molecule has 2 heterocycles. The van der Waals surface area contributed by atoms with Crippen molar-refractivity contribution in [1.82, 2.24) is 19.0 Å². The van der Waals surface area contributed by atoms with Gasteiger partial charge in [0.2, 0.25) is 10.0 Å². The summed E-state index contributed by atoms with van der Waals surface area (Å²) in [5.41, 5.74) is 4.14. The molecule has 1 aliphatic heterocycles. The fourth-order valence-electron chi connectivity index (χ4n) is 3.77. The Bertz CT molecular complexity index is 1240. The van der Waals surface area contributed by atoms with Gasteiger partial charge < -0.3 is 4.90 Å². The highest BCUT2D eigenvalue weighted by molar-refractivity contribution is 7.92. The summed E-state index contributed by atoms with van der Waals surface area (Å²) in [4.78, 5) is 14.8. The van der Waals surface area contributed by atoms with E-state index in [2.05, 4.69) is 5.10 Å². The van der Waals surface area contributed by atoms with Gasteiger partial charge in [-0.1, -0.05) is 42.5 Å². The van der Waals surface area contributed by atoms with Crippen LogP contribution in [0.1, 0.15) is 27.2 Å². The summed E-state index contributed by atoms with van der Waals surface area (Å²) in [6.45, 7) is 5.09. The van der Waals surface area contributed by atoms with E-state index in [1.54, 1.807) is 21.9 Å². The molecule has 0 saturated carbocycles. The van der Waals surface area contributed by atoms with Gasteiger partial charge in [0.1, 0.15) is 0 Å². The maximum atomic E-state index is 13.1. The van der Waals surface area contributed by atoms with Crippen LogP contribution in [0.15, 0.2) is 66.2 Å². The van der Waals surface area contributed by atoms with Gasteiger partial charge in [-0.15, -0.1) is 0 Å². The molecule has 0 unspecified atom stereocenters. The van der Waals surface area contributed by atoms with E-state index in [-0.39, 0.29) is 19.0 Å². The SMILES string of the molecule is Cc1cccc(-n2ncc(C(=O)N3CCN(S(=O)(=O)/C=C/c4ccccc4)CC3)c2C)c1. The molecule has 0 atom stereocenters. The Labute approximate surface area is 188 Å². The summed E-state index contributed by atoms with van der Waals surface area (Å²) < 4.78 is 28.5. The van der Waals surface area contributed by atoms with Crippen LogP contribution in [0.4, 0.5) is 0 Å². The lowest BCUT2D eigenvalue weighted by Gasteiger charge is -2.33. The normalized spacial score (nSPS) is 15.4. The van der Waals surface area contributed by atoms with E-state index in [4.69, 9.17) is 0 Å². The number of rotatable bonds is 5. The van der Waals surface area contributed by atoms with Crippen LogP contribution in [-0.2, 0) is 10.0 Å². The molecule has 1 aliphatic rings. The largest absolute Gasteiger partial charge is 0.336 e. The van der Waals surface area contributed by atoms with Crippen molar-refractivity contribution in [2.75, 3.05) is 26.2 Å². The zero-order chi connectivity index (χ0) is 22.7. The van der Waals surface area contributed by atoms with Gasteiger partial charge in [0, 0.05) is 31.6 Å². The van der Waals surface area contributed by atoms with Crippen LogP contribution < -0.4 is 0 Å². The fraction of sp³-hybridized carbons (Fsp3) is 0.250. The molecule has 0 N–H and O–H groups in total. The van der Waals surface area contributed by atoms with Crippen LogP contribution in [0, 0.1) is 13.8 Å². The third kappa shape index (κ3) is 4.66. The summed E-state index contributed by atoms with van der Waals surface area (Å²) in [7, 11) is -3.54. The van der Waals surface area contributed by atoms with Crippen LogP contribution in [0.2, 0.25) is 0 Å². The highest BCUT2D eigenvalue weighted by atomic mass is 32.2. The summed E-state index contributed by atoms with van der Waals surface area (Å²) >= 11 is 0. The summed E-state index contributed by atoms with van der Waals surface area (Å²) in [6.07, 6.45) is 3.18. The Hall–Kier alpha value is -3.23. The minimum Gasteiger partial charge on any atom is -0.336 e. The number of amides is 1. The summed E-state index contributed by atoms with van der Waals surface area (Å²) in [5.74, 6) is -0.127. The maximum Gasteiger partial charge on any atom is 0.257 e. The quantitative estimate of drug-likeness (QED) is 0.598. The van der Waals surface area contributed by atoms with Crippen molar-refractivity contribution in [3.8, 4) is 5.69 Å². The average molecular weight is 451 g/mol. The Morgan fingerprint density at radius 3 is 2.38 bits per heavy atom. The second-order valence-corrected chi connectivity index (χ2v) is 9.66. The third-order valence-corrected chi connectivity index (χ3v) is 7.17. The van der Waals surface area contributed by atoms with Crippen molar-refractivity contribution >= 4 is 22.0 Å². The molecular formula is C24H26N4O3S. The van der Waals surface area contributed by atoms with Crippen LogP contribution in [-0.4, -0.2) is 59.5 Å². The molecule has 1 aromatic heterocycles. The maximum absolute atomic E-state index is 13.1. The predicted molar refractivity (Wildman–Crippen MR) is 125 cm³/mol. The number of hydrogen-bond acceptors (Lipinski definition) is 4. The van der Waals surface area contributed by atoms with E-state index in [1.807, 2.05) is 68.4 Å². The summed E-state index contributed by atoms with van der Waals surface area (Å²) in [5, 5.41) is 5.64. The molecule has 166 valence electrons. The van der Waals surface area contributed by atoms with Crippen molar-refractivity contribution in [3.63, 3.8) is 0 Å². The lowest BCUT2D eigenvalue weighted by Crippen LogP contribution is -2.50. The van der Waals surface area contributed by atoms with Crippen molar-refractivity contribution in [2.24, 2.45) is 0 Å². The topological polar surface area (TPSA) is 75.5 Å². The van der Waals surface area contributed by atoms with E-state index < -0.39 is 10.0 Å². The van der Waals surface area contributed by atoms with Gasteiger partial charge in [-0.25, -0.2) is 13.1 Å². The number of piperazine rings is 1. The molecule has 3 aromatic rings. The molecule has 32 heavy (non-hydrogen) atoms. The Balaban J connectivity index is 1.42. The second-order valence-electron chi connectivity index (χ2n) is 7.84. The van der Waals surface area contributed by atoms with Gasteiger partial charge >= 0.3 is 0 Å². The van der Waals surface area contributed by atoms with E-state index in [0.29, 0.717) is 18.7 Å². The van der Waals surface area contributed by atoms with Crippen molar-refractivity contribution in [2.45, 2.75) is 13.8 Å². The molecule has 0 bridgehead atoms. The summed E-state index contributed by atoms with van der Waals surface area (Å²) in [6, 6.07) is 17.2. The lowest BCUT2D eigenvalue weighted by atomic mass is 10.2. The fourth-order valence-corrected chi connectivity index (χ4v) is 4.94.